The van der Waals surface area contributed by atoms with Gasteiger partial charge in [-0.15, -0.1) is 0 Å². The number of rotatable bonds is 1. The van der Waals surface area contributed by atoms with Crippen molar-refractivity contribution in [2.24, 2.45) is 4.99 Å². The molecule has 3 aliphatic rings. The first kappa shape index (κ1) is 14.8. The van der Waals surface area contributed by atoms with Crippen molar-refractivity contribution in [2.45, 2.75) is 18.2 Å². The van der Waals surface area contributed by atoms with Gasteiger partial charge < -0.3 is 14.4 Å². The summed E-state index contributed by atoms with van der Waals surface area (Å²) in [6, 6.07) is 5.19. The molecule has 0 saturated carbocycles. The van der Waals surface area contributed by atoms with Gasteiger partial charge in [0.25, 0.3) is 0 Å². The maximum absolute atomic E-state index is 11.9. The molecule has 3 heterocycles. The zero-order chi connectivity index (χ0) is 16.2. The van der Waals surface area contributed by atoms with E-state index in [1.54, 1.807) is 12.1 Å². The van der Waals surface area contributed by atoms with E-state index in [0.717, 1.165) is 5.69 Å². The first-order chi connectivity index (χ1) is 10.9. The summed E-state index contributed by atoms with van der Waals surface area (Å²) >= 11 is 1.35. The van der Waals surface area contributed by atoms with Crippen LogP contribution in [0.5, 0.6) is 11.5 Å². The van der Waals surface area contributed by atoms with Crippen molar-refractivity contribution >= 4 is 38.4 Å². The van der Waals surface area contributed by atoms with E-state index in [4.69, 9.17) is 9.47 Å². The Morgan fingerprint density at radius 1 is 1.30 bits per heavy atom. The van der Waals surface area contributed by atoms with Gasteiger partial charge in [-0.3, -0.25) is 4.79 Å². The molecule has 23 heavy (non-hydrogen) atoms. The van der Waals surface area contributed by atoms with Crippen LogP contribution in [0, 0.1) is 0 Å². The third-order valence-electron chi connectivity index (χ3n) is 3.95. The zero-order valence-corrected chi connectivity index (χ0v) is 13.9. The van der Waals surface area contributed by atoms with Gasteiger partial charge in [0.1, 0.15) is 0 Å². The fourth-order valence-corrected chi connectivity index (χ4v) is 6.99. The second kappa shape index (κ2) is 5.13. The van der Waals surface area contributed by atoms with Gasteiger partial charge in [0.2, 0.25) is 12.7 Å². The first-order valence-corrected chi connectivity index (χ1v) is 9.78. The Kier molecular flexibility index (Phi) is 3.31. The highest BCUT2D eigenvalue weighted by atomic mass is 32.2. The van der Waals surface area contributed by atoms with E-state index in [9.17, 15) is 13.2 Å². The Hall–Kier alpha value is -1.74. The number of anilines is 1. The highest BCUT2D eigenvalue weighted by molar-refractivity contribution is 8.16. The van der Waals surface area contributed by atoms with Gasteiger partial charge >= 0.3 is 0 Å². The highest BCUT2D eigenvalue weighted by Crippen LogP contribution is 2.43. The van der Waals surface area contributed by atoms with E-state index in [2.05, 4.69) is 4.99 Å². The van der Waals surface area contributed by atoms with E-state index < -0.39 is 9.84 Å². The first-order valence-electron chi connectivity index (χ1n) is 7.08. The summed E-state index contributed by atoms with van der Waals surface area (Å²) in [5.41, 5.74) is 0.756. The third kappa shape index (κ3) is 2.57. The van der Waals surface area contributed by atoms with Gasteiger partial charge in [-0.2, -0.15) is 4.99 Å². The normalized spacial score (nSPS) is 29.1. The molecule has 0 radical (unpaired) electrons. The molecule has 0 N–H and O–H groups in total. The molecule has 1 aromatic carbocycles. The topological polar surface area (TPSA) is 85.3 Å². The average molecular weight is 354 g/mol. The molecule has 0 bridgehead atoms. The average Bonchev–Trinajstić information content (AvgIpc) is 3.09. The monoisotopic (exact) mass is 354 g/mol. The predicted octanol–water partition coefficient (Wildman–Crippen LogP) is 1.04. The fraction of sp³-hybridized carbons (Fsp3) is 0.429. The lowest BCUT2D eigenvalue weighted by atomic mass is 10.2. The summed E-state index contributed by atoms with van der Waals surface area (Å²) in [4.78, 5) is 17.3. The molecular weight excluding hydrogens is 340 g/mol. The molecule has 2 fully saturated rings. The van der Waals surface area contributed by atoms with Crippen molar-refractivity contribution in [3.63, 3.8) is 0 Å². The molecule has 122 valence electrons. The van der Waals surface area contributed by atoms with Gasteiger partial charge in [0, 0.05) is 23.9 Å². The van der Waals surface area contributed by atoms with Crippen LogP contribution >= 0.6 is 11.8 Å². The van der Waals surface area contributed by atoms with Crippen LogP contribution in [0.2, 0.25) is 0 Å². The molecule has 4 rings (SSSR count). The Labute approximate surface area is 137 Å². The molecule has 2 saturated heterocycles. The van der Waals surface area contributed by atoms with E-state index in [-0.39, 0.29) is 35.5 Å². The second-order valence-electron chi connectivity index (χ2n) is 5.62. The number of carbonyl (C=O) groups excluding carboxylic acids is 1. The number of sulfone groups is 1. The lowest BCUT2D eigenvalue weighted by molar-refractivity contribution is -0.115. The molecule has 2 atom stereocenters. The highest BCUT2D eigenvalue weighted by Gasteiger charge is 2.49. The van der Waals surface area contributed by atoms with Crippen LogP contribution in [0.3, 0.4) is 0 Å². The Bertz CT molecular complexity index is 820. The second-order valence-corrected chi connectivity index (χ2v) is 8.98. The van der Waals surface area contributed by atoms with E-state index in [1.807, 2.05) is 11.0 Å². The van der Waals surface area contributed by atoms with Crippen molar-refractivity contribution in [3.05, 3.63) is 18.2 Å². The molecule has 7 nitrogen and oxygen atoms in total. The number of amidine groups is 1. The van der Waals surface area contributed by atoms with Crippen LogP contribution in [0.1, 0.15) is 6.92 Å². The number of thioether (sulfide) groups is 1. The summed E-state index contributed by atoms with van der Waals surface area (Å²) in [7, 11) is -3.07. The SMILES string of the molecule is CC(=O)N=C1S[C@@H]2CS(=O)(=O)C[C@@H]2N1c1ccc2c(c1)OCO2. The molecule has 3 aliphatic heterocycles. The number of hydrogen-bond acceptors (Lipinski definition) is 6. The van der Waals surface area contributed by atoms with Crippen molar-refractivity contribution in [1.29, 1.82) is 0 Å². The quantitative estimate of drug-likeness (QED) is 0.745. The van der Waals surface area contributed by atoms with Gasteiger partial charge in [0.05, 0.1) is 17.5 Å². The van der Waals surface area contributed by atoms with Gasteiger partial charge in [-0.25, -0.2) is 8.42 Å². The molecular formula is C14H14N2O5S2. The largest absolute Gasteiger partial charge is 0.454 e. The number of nitrogens with zero attached hydrogens (tertiary/aromatic N) is 2. The number of hydrogen-bond donors (Lipinski definition) is 0. The number of benzene rings is 1. The lowest BCUT2D eigenvalue weighted by Gasteiger charge is -2.24. The summed E-state index contributed by atoms with van der Waals surface area (Å²) < 4.78 is 34.6. The van der Waals surface area contributed by atoms with Crippen LogP contribution in [0.25, 0.3) is 0 Å². The maximum Gasteiger partial charge on any atom is 0.244 e. The van der Waals surface area contributed by atoms with Crippen LogP contribution in [0.15, 0.2) is 23.2 Å². The van der Waals surface area contributed by atoms with E-state index in [1.165, 1.54) is 18.7 Å². The van der Waals surface area contributed by atoms with Gasteiger partial charge in [0.15, 0.2) is 26.5 Å². The van der Waals surface area contributed by atoms with Crippen molar-refractivity contribution in [2.75, 3.05) is 23.2 Å². The molecule has 0 unspecified atom stereocenters. The summed E-state index contributed by atoms with van der Waals surface area (Å²) in [5, 5.41) is 0.435. The third-order valence-corrected chi connectivity index (χ3v) is 7.16. The predicted molar refractivity (Wildman–Crippen MR) is 87.0 cm³/mol. The summed E-state index contributed by atoms with van der Waals surface area (Å²) in [6.45, 7) is 1.55. The molecule has 1 aromatic rings. The van der Waals surface area contributed by atoms with E-state index >= 15 is 0 Å². The van der Waals surface area contributed by atoms with Crippen LogP contribution in [0.4, 0.5) is 5.69 Å². The van der Waals surface area contributed by atoms with Crippen molar-refractivity contribution in [3.8, 4) is 11.5 Å². The minimum absolute atomic E-state index is 0.0655. The van der Waals surface area contributed by atoms with Crippen molar-refractivity contribution in [1.82, 2.24) is 0 Å². The maximum atomic E-state index is 11.9. The Balaban J connectivity index is 1.77. The van der Waals surface area contributed by atoms with Gasteiger partial charge in [-0.05, 0) is 12.1 Å². The fourth-order valence-electron chi connectivity index (χ4n) is 3.04. The molecule has 9 heteroatoms. The standard InChI is InChI=1S/C14H14N2O5S2/c1-8(17)15-14-16(10-5-23(18,19)6-13(10)22-14)9-2-3-11-12(4-9)21-7-20-11/h2-4,10,13H,5-7H2,1H3/t10-,13+/m0/s1. The zero-order valence-electron chi connectivity index (χ0n) is 12.3. The van der Waals surface area contributed by atoms with Crippen LogP contribution in [-0.4, -0.2) is 49.1 Å². The van der Waals surface area contributed by atoms with Crippen molar-refractivity contribution < 1.29 is 22.7 Å². The molecule has 0 spiro atoms. The lowest BCUT2D eigenvalue weighted by Crippen LogP contribution is -2.37. The van der Waals surface area contributed by atoms with Crippen LogP contribution < -0.4 is 14.4 Å². The number of carbonyl (C=O) groups is 1. The van der Waals surface area contributed by atoms with Crippen LogP contribution in [-0.2, 0) is 14.6 Å². The van der Waals surface area contributed by atoms with E-state index in [0.29, 0.717) is 16.7 Å². The summed E-state index contributed by atoms with van der Waals surface area (Å²) in [5.74, 6) is 1.14. The summed E-state index contributed by atoms with van der Waals surface area (Å²) in [6.07, 6.45) is 0. The molecule has 0 aromatic heterocycles. The van der Waals surface area contributed by atoms with Gasteiger partial charge in [-0.1, -0.05) is 11.8 Å². The number of fused-ring (bicyclic) bond motifs is 2. The minimum Gasteiger partial charge on any atom is -0.454 e. The smallest absolute Gasteiger partial charge is 0.244 e. The Morgan fingerprint density at radius 3 is 2.87 bits per heavy atom. The molecule has 1 amide bonds. The number of aliphatic imine (C=N–C) groups is 1. The molecule has 0 aliphatic carbocycles. The Morgan fingerprint density at radius 2 is 2.09 bits per heavy atom. The number of ether oxygens (including phenoxy) is 2. The minimum atomic E-state index is -3.07. The number of amides is 1.